The minimum Gasteiger partial charge on any atom is -0.330 e. The highest BCUT2D eigenvalue weighted by molar-refractivity contribution is 5.94. The van der Waals surface area contributed by atoms with Crippen molar-refractivity contribution in [1.82, 2.24) is 4.90 Å². The van der Waals surface area contributed by atoms with Gasteiger partial charge >= 0.3 is 0 Å². The van der Waals surface area contributed by atoms with Gasteiger partial charge in [-0.15, -0.1) is 0 Å². The summed E-state index contributed by atoms with van der Waals surface area (Å²) in [6.07, 6.45) is 0. The summed E-state index contributed by atoms with van der Waals surface area (Å²) in [5.41, 5.74) is 7.27. The summed E-state index contributed by atoms with van der Waals surface area (Å²) >= 11 is 0. The highest BCUT2D eigenvalue weighted by atomic mass is 16.6. The Hall–Kier alpha value is -2.77. The second kappa shape index (κ2) is 8.07. The Kier molecular flexibility index (Phi) is 5.60. The zero-order chi connectivity index (χ0) is 18.5. The predicted octanol–water partition coefficient (Wildman–Crippen LogP) is 2.21. The molecule has 0 spiro atoms. The molecule has 0 bridgehead atoms. The van der Waals surface area contributed by atoms with Gasteiger partial charge in [-0.05, 0) is 24.1 Å². The molecule has 3 N–H and O–H groups in total. The van der Waals surface area contributed by atoms with Crippen molar-refractivity contribution in [1.29, 1.82) is 0 Å². The van der Waals surface area contributed by atoms with E-state index in [1.807, 2.05) is 18.2 Å². The molecule has 1 aliphatic rings. The summed E-state index contributed by atoms with van der Waals surface area (Å²) in [6, 6.07) is 16.3. The van der Waals surface area contributed by atoms with Crippen LogP contribution in [0.5, 0.6) is 0 Å². The van der Waals surface area contributed by atoms with Gasteiger partial charge in [0.1, 0.15) is 5.69 Å². The van der Waals surface area contributed by atoms with E-state index in [9.17, 15) is 14.9 Å². The van der Waals surface area contributed by atoms with Crippen LogP contribution in [-0.2, 0) is 4.79 Å². The van der Waals surface area contributed by atoms with Crippen LogP contribution in [0.3, 0.4) is 0 Å². The van der Waals surface area contributed by atoms with E-state index in [-0.39, 0.29) is 29.7 Å². The summed E-state index contributed by atoms with van der Waals surface area (Å²) in [7, 11) is 0. The Morgan fingerprint density at radius 3 is 2.54 bits per heavy atom. The minimum atomic E-state index is -0.499. The van der Waals surface area contributed by atoms with E-state index in [1.165, 1.54) is 17.7 Å². The summed E-state index contributed by atoms with van der Waals surface area (Å²) in [5.74, 6) is 0.320. The fourth-order valence-corrected chi connectivity index (χ4v) is 3.54. The minimum absolute atomic E-state index is 0.107. The Labute approximate surface area is 152 Å². The lowest BCUT2D eigenvalue weighted by atomic mass is 9.89. The number of nitrogens with zero attached hydrogens (tertiary/aromatic N) is 2. The van der Waals surface area contributed by atoms with Crippen LogP contribution in [0.1, 0.15) is 11.5 Å². The number of carbonyl (C=O) groups excluding carboxylic acids is 1. The average molecular weight is 354 g/mol. The quantitative estimate of drug-likeness (QED) is 0.612. The zero-order valence-corrected chi connectivity index (χ0v) is 14.4. The first-order valence-electron chi connectivity index (χ1n) is 8.59. The van der Waals surface area contributed by atoms with Crippen LogP contribution < -0.4 is 11.1 Å². The number of nitro groups is 1. The van der Waals surface area contributed by atoms with Crippen molar-refractivity contribution in [2.45, 2.75) is 5.92 Å². The van der Waals surface area contributed by atoms with Gasteiger partial charge in [-0.1, -0.05) is 42.5 Å². The van der Waals surface area contributed by atoms with Crippen LogP contribution in [0.25, 0.3) is 0 Å². The molecule has 2 aromatic rings. The molecular weight excluding hydrogens is 332 g/mol. The van der Waals surface area contributed by atoms with Gasteiger partial charge in [0, 0.05) is 25.1 Å². The SMILES string of the molecule is NC[C@@H]1CN(CC(=O)Nc2ccccc2[N+](=O)[O-])C[C@H]1c1ccccc1. The standard InChI is InChI=1S/C19H22N4O3/c20-10-15-11-22(12-16(15)14-6-2-1-3-7-14)13-19(24)21-17-8-4-5-9-18(17)23(25)26/h1-9,15-16H,10-13,20H2,(H,21,24)/t15-,16+/m1/s1. The number of anilines is 1. The highest BCUT2D eigenvalue weighted by Gasteiger charge is 2.33. The monoisotopic (exact) mass is 354 g/mol. The van der Waals surface area contributed by atoms with Gasteiger partial charge < -0.3 is 11.1 Å². The molecule has 26 heavy (non-hydrogen) atoms. The van der Waals surface area contributed by atoms with Crippen LogP contribution in [0.2, 0.25) is 0 Å². The zero-order valence-electron chi connectivity index (χ0n) is 14.4. The fraction of sp³-hybridized carbons (Fsp3) is 0.316. The smallest absolute Gasteiger partial charge is 0.292 e. The third kappa shape index (κ3) is 4.07. The van der Waals surface area contributed by atoms with Crippen LogP contribution >= 0.6 is 0 Å². The van der Waals surface area contributed by atoms with Crippen molar-refractivity contribution in [3.63, 3.8) is 0 Å². The normalized spacial score (nSPS) is 20.0. The van der Waals surface area contributed by atoms with E-state index < -0.39 is 4.92 Å². The number of amides is 1. The maximum absolute atomic E-state index is 12.4. The van der Waals surface area contributed by atoms with Crippen LogP contribution in [0, 0.1) is 16.0 Å². The van der Waals surface area contributed by atoms with Crippen molar-refractivity contribution >= 4 is 17.3 Å². The Bertz CT molecular complexity index is 781. The molecule has 0 aliphatic carbocycles. The van der Waals surface area contributed by atoms with Crippen molar-refractivity contribution in [3.05, 3.63) is 70.3 Å². The van der Waals surface area contributed by atoms with Gasteiger partial charge in [0.25, 0.3) is 5.69 Å². The number of nitrogens with two attached hydrogens (primary N) is 1. The van der Waals surface area contributed by atoms with Gasteiger partial charge in [0.2, 0.25) is 5.91 Å². The topological polar surface area (TPSA) is 102 Å². The second-order valence-corrected chi connectivity index (χ2v) is 6.53. The molecule has 1 heterocycles. The third-order valence-electron chi connectivity index (χ3n) is 4.79. The van der Waals surface area contributed by atoms with Crippen LogP contribution in [0.4, 0.5) is 11.4 Å². The van der Waals surface area contributed by atoms with Gasteiger partial charge in [-0.3, -0.25) is 19.8 Å². The molecular formula is C19H22N4O3. The molecule has 0 unspecified atom stereocenters. The van der Waals surface area contributed by atoms with E-state index in [4.69, 9.17) is 5.73 Å². The van der Waals surface area contributed by atoms with Crippen LogP contribution in [-0.4, -0.2) is 41.9 Å². The summed E-state index contributed by atoms with van der Waals surface area (Å²) in [6.45, 7) is 2.23. The molecule has 2 aromatic carbocycles. The van der Waals surface area contributed by atoms with Gasteiger partial charge in [-0.25, -0.2) is 0 Å². The Morgan fingerprint density at radius 1 is 1.15 bits per heavy atom. The third-order valence-corrected chi connectivity index (χ3v) is 4.79. The van der Waals surface area contributed by atoms with Gasteiger partial charge in [0.15, 0.2) is 0 Å². The lowest BCUT2D eigenvalue weighted by Crippen LogP contribution is -2.32. The number of nitro benzene ring substituents is 1. The lowest BCUT2D eigenvalue weighted by molar-refractivity contribution is -0.383. The highest BCUT2D eigenvalue weighted by Crippen LogP contribution is 2.32. The number of benzene rings is 2. The summed E-state index contributed by atoms with van der Waals surface area (Å²) in [4.78, 5) is 25.0. The molecule has 136 valence electrons. The molecule has 0 saturated carbocycles. The molecule has 0 aromatic heterocycles. The molecule has 1 amide bonds. The maximum atomic E-state index is 12.4. The van der Waals surface area contributed by atoms with E-state index in [0.29, 0.717) is 12.5 Å². The van der Waals surface area contributed by atoms with Crippen molar-refractivity contribution in [3.8, 4) is 0 Å². The Morgan fingerprint density at radius 2 is 1.85 bits per heavy atom. The van der Waals surface area contributed by atoms with E-state index >= 15 is 0 Å². The average Bonchev–Trinajstić information content (AvgIpc) is 3.05. The maximum Gasteiger partial charge on any atom is 0.292 e. The molecule has 1 aliphatic heterocycles. The van der Waals surface area contributed by atoms with E-state index in [1.54, 1.807) is 12.1 Å². The van der Waals surface area contributed by atoms with Gasteiger partial charge in [0.05, 0.1) is 11.5 Å². The van der Waals surface area contributed by atoms with Crippen molar-refractivity contribution in [2.75, 3.05) is 31.5 Å². The number of hydrogen-bond donors (Lipinski definition) is 2. The molecule has 3 rings (SSSR count). The molecule has 1 fully saturated rings. The first kappa shape index (κ1) is 18.0. The second-order valence-electron chi connectivity index (χ2n) is 6.53. The molecule has 7 heteroatoms. The van der Waals surface area contributed by atoms with E-state index in [2.05, 4.69) is 22.3 Å². The lowest BCUT2D eigenvalue weighted by Gasteiger charge is -2.16. The number of nitrogens with one attached hydrogen (secondary N) is 1. The predicted molar refractivity (Wildman–Crippen MR) is 99.9 cm³/mol. The van der Waals surface area contributed by atoms with Gasteiger partial charge in [-0.2, -0.15) is 0 Å². The first-order chi connectivity index (χ1) is 12.6. The number of rotatable bonds is 6. The number of carbonyl (C=O) groups is 1. The molecule has 7 nitrogen and oxygen atoms in total. The summed E-state index contributed by atoms with van der Waals surface area (Å²) < 4.78 is 0. The number of likely N-dealkylation sites (tertiary alicyclic amines) is 1. The number of para-hydroxylation sites is 2. The van der Waals surface area contributed by atoms with Crippen LogP contribution in [0.15, 0.2) is 54.6 Å². The largest absolute Gasteiger partial charge is 0.330 e. The Balaban J connectivity index is 1.64. The van der Waals surface area contributed by atoms with E-state index in [0.717, 1.165) is 13.1 Å². The fourth-order valence-electron chi connectivity index (χ4n) is 3.54. The van der Waals surface area contributed by atoms with Crippen molar-refractivity contribution in [2.24, 2.45) is 11.7 Å². The molecule has 2 atom stereocenters. The first-order valence-corrected chi connectivity index (χ1v) is 8.59. The molecule has 0 radical (unpaired) electrons. The molecule has 1 saturated heterocycles. The van der Waals surface area contributed by atoms with Crippen molar-refractivity contribution < 1.29 is 9.72 Å². The number of hydrogen-bond acceptors (Lipinski definition) is 5. The summed E-state index contributed by atoms with van der Waals surface area (Å²) in [5, 5.41) is 13.7.